The van der Waals surface area contributed by atoms with E-state index in [0.717, 1.165) is 12.1 Å². The molecule has 0 aliphatic rings. The fourth-order valence-corrected chi connectivity index (χ4v) is 1.42. The molecule has 0 amide bonds. The summed E-state index contributed by atoms with van der Waals surface area (Å²) in [7, 11) is 0. The maximum atomic E-state index is 12.4. The lowest BCUT2D eigenvalue weighted by Crippen LogP contribution is -2.11. The zero-order valence-corrected chi connectivity index (χ0v) is 9.70. The first-order valence-corrected chi connectivity index (χ1v) is 5.35. The van der Waals surface area contributed by atoms with Crippen molar-refractivity contribution in [3.63, 3.8) is 0 Å². The number of rotatable bonds is 4. The molecule has 100 valence electrons. The molecule has 0 bridgehead atoms. The van der Waals surface area contributed by atoms with E-state index in [9.17, 15) is 23.1 Å². The summed E-state index contributed by atoms with van der Waals surface area (Å²) in [6, 6.07) is 4.25. The van der Waals surface area contributed by atoms with Crippen molar-refractivity contribution >= 4 is 5.97 Å². The largest absolute Gasteiger partial charge is 0.466 e. The molecule has 1 rings (SSSR count). The second-order valence-corrected chi connectivity index (χ2v) is 3.65. The Morgan fingerprint density at radius 1 is 1.44 bits per heavy atom. The van der Waals surface area contributed by atoms with Crippen LogP contribution in [0, 0.1) is 0 Å². The van der Waals surface area contributed by atoms with Crippen molar-refractivity contribution in [2.45, 2.75) is 25.6 Å². The van der Waals surface area contributed by atoms with E-state index in [1.807, 2.05) is 0 Å². The molecule has 6 heteroatoms. The van der Waals surface area contributed by atoms with Gasteiger partial charge < -0.3 is 9.84 Å². The Labute approximate surface area is 102 Å². The zero-order chi connectivity index (χ0) is 13.8. The van der Waals surface area contributed by atoms with Crippen molar-refractivity contribution in [2.75, 3.05) is 6.61 Å². The minimum absolute atomic E-state index is 0.0397. The highest BCUT2D eigenvalue weighted by atomic mass is 19.4. The highest BCUT2D eigenvalue weighted by Gasteiger charge is 2.31. The molecule has 1 aromatic carbocycles. The van der Waals surface area contributed by atoms with E-state index >= 15 is 0 Å². The molecule has 0 saturated heterocycles. The van der Waals surface area contributed by atoms with Crippen molar-refractivity contribution in [3.8, 4) is 0 Å². The van der Waals surface area contributed by atoms with Gasteiger partial charge in [-0.1, -0.05) is 12.1 Å². The van der Waals surface area contributed by atoms with Gasteiger partial charge in [-0.25, -0.2) is 0 Å². The lowest BCUT2D eigenvalue weighted by atomic mass is 10.0. The van der Waals surface area contributed by atoms with Gasteiger partial charge in [-0.15, -0.1) is 0 Å². The topological polar surface area (TPSA) is 46.5 Å². The number of ether oxygens (including phenoxy) is 1. The SMILES string of the molecule is CCOC(=O)CC(O)c1cccc(C(F)(F)F)c1. The fraction of sp³-hybridized carbons (Fsp3) is 0.417. The molecule has 1 aromatic rings. The lowest BCUT2D eigenvalue weighted by molar-refractivity contribution is -0.145. The number of esters is 1. The van der Waals surface area contributed by atoms with Crippen molar-refractivity contribution in [3.05, 3.63) is 35.4 Å². The van der Waals surface area contributed by atoms with Gasteiger partial charge in [-0.05, 0) is 24.6 Å². The Morgan fingerprint density at radius 3 is 2.67 bits per heavy atom. The third-order valence-corrected chi connectivity index (χ3v) is 2.26. The van der Waals surface area contributed by atoms with Crippen LogP contribution in [0.15, 0.2) is 24.3 Å². The van der Waals surface area contributed by atoms with Gasteiger partial charge in [-0.2, -0.15) is 13.2 Å². The average Bonchev–Trinajstić information content (AvgIpc) is 2.28. The van der Waals surface area contributed by atoms with E-state index in [2.05, 4.69) is 4.74 Å². The number of alkyl halides is 3. The summed E-state index contributed by atoms with van der Waals surface area (Å²) in [6.07, 6.45) is -6.14. The average molecular weight is 262 g/mol. The number of carbonyl (C=O) groups is 1. The monoisotopic (exact) mass is 262 g/mol. The van der Waals surface area contributed by atoms with Gasteiger partial charge in [0.1, 0.15) is 0 Å². The predicted octanol–water partition coefficient (Wildman–Crippen LogP) is 2.69. The Morgan fingerprint density at radius 2 is 2.11 bits per heavy atom. The summed E-state index contributed by atoms with van der Waals surface area (Å²) in [5.41, 5.74) is -0.819. The molecule has 3 nitrogen and oxygen atoms in total. The third-order valence-electron chi connectivity index (χ3n) is 2.26. The summed E-state index contributed by atoms with van der Waals surface area (Å²) in [5.74, 6) is -0.651. The van der Waals surface area contributed by atoms with Crippen molar-refractivity contribution < 1.29 is 27.8 Å². The number of halogens is 3. The third kappa shape index (κ3) is 4.03. The standard InChI is InChI=1S/C12H13F3O3/c1-2-18-11(17)7-10(16)8-4-3-5-9(6-8)12(13,14)15/h3-6,10,16H,2,7H2,1H3. The molecule has 0 radical (unpaired) electrons. The van der Waals surface area contributed by atoms with Gasteiger partial charge in [0, 0.05) is 0 Å². The quantitative estimate of drug-likeness (QED) is 0.848. The fourth-order valence-electron chi connectivity index (χ4n) is 1.42. The van der Waals surface area contributed by atoms with Crippen LogP contribution >= 0.6 is 0 Å². The second kappa shape index (κ2) is 5.86. The molecule has 0 saturated carbocycles. The zero-order valence-electron chi connectivity index (χ0n) is 9.70. The molecule has 1 unspecified atom stereocenters. The van der Waals surface area contributed by atoms with Crippen LogP contribution in [0.3, 0.4) is 0 Å². The van der Waals surface area contributed by atoms with E-state index in [-0.39, 0.29) is 18.6 Å². The van der Waals surface area contributed by atoms with E-state index in [4.69, 9.17) is 0 Å². The molecule has 0 heterocycles. The maximum absolute atomic E-state index is 12.4. The van der Waals surface area contributed by atoms with E-state index in [1.165, 1.54) is 12.1 Å². The summed E-state index contributed by atoms with van der Waals surface area (Å²) < 4.78 is 41.9. The van der Waals surface area contributed by atoms with Crippen LogP contribution in [-0.2, 0) is 15.7 Å². The van der Waals surface area contributed by atoms with E-state index in [1.54, 1.807) is 6.92 Å². The molecule has 1 atom stereocenters. The van der Waals surface area contributed by atoms with Crippen LogP contribution in [0.2, 0.25) is 0 Å². The molecule has 1 N–H and O–H groups in total. The van der Waals surface area contributed by atoms with Crippen LogP contribution < -0.4 is 0 Å². The predicted molar refractivity (Wildman–Crippen MR) is 57.7 cm³/mol. The van der Waals surface area contributed by atoms with Gasteiger partial charge in [0.25, 0.3) is 0 Å². The normalized spacial score (nSPS) is 13.2. The molecular weight excluding hydrogens is 249 g/mol. The minimum atomic E-state index is -4.47. The molecule has 0 fully saturated rings. The van der Waals surface area contributed by atoms with Gasteiger partial charge in [0.15, 0.2) is 0 Å². The Bertz CT molecular complexity index is 415. The van der Waals surface area contributed by atoms with Crippen LogP contribution in [0.1, 0.15) is 30.6 Å². The summed E-state index contributed by atoms with van der Waals surface area (Å²) in [5, 5.41) is 9.64. The smallest absolute Gasteiger partial charge is 0.416 e. The highest BCUT2D eigenvalue weighted by Crippen LogP contribution is 2.31. The van der Waals surface area contributed by atoms with Crippen LogP contribution in [-0.4, -0.2) is 17.7 Å². The van der Waals surface area contributed by atoms with Gasteiger partial charge in [0.05, 0.1) is 24.7 Å². The number of benzene rings is 1. The van der Waals surface area contributed by atoms with Crippen molar-refractivity contribution in [2.24, 2.45) is 0 Å². The number of hydrogen-bond acceptors (Lipinski definition) is 3. The first-order chi connectivity index (χ1) is 8.34. The van der Waals surface area contributed by atoms with E-state index < -0.39 is 23.8 Å². The van der Waals surface area contributed by atoms with Crippen LogP contribution in [0.4, 0.5) is 13.2 Å². The Balaban J connectivity index is 2.80. The van der Waals surface area contributed by atoms with E-state index in [0.29, 0.717) is 0 Å². The Kier molecular flexibility index (Phi) is 4.72. The lowest BCUT2D eigenvalue weighted by Gasteiger charge is -2.13. The molecule has 18 heavy (non-hydrogen) atoms. The summed E-state index contributed by atoms with van der Waals surface area (Å²) in [6.45, 7) is 1.77. The number of aliphatic hydroxyl groups excluding tert-OH is 1. The minimum Gasteiger partial charge on any atom is -0.466 e. The van der Waals surface area contributed by atoms with Crippen LogP contribution in [0.5, 0.6) is 0 Å². The first kappa shape index (κ1) is 14.5. The second-order valence-electron chi connectivity index (χ2n) is 3.65. The molecule has 0 aromatic heterocycles. The Hall–Kier alpha value is -1.56. The van der Waals surface area contributed by atoms with Gasteiger partial charge >= 0.3 is 12.1 Å². The molecule has 0 spiro atoms. The summed E-state index contributed by atoms with van der Waals surface area (Å²) >= 11 is 0. The first-order valence-electron chi connectivity index (χ1n) is 5.35. The summed E-state index contributed by atoms with van der Waals surface area (Å²) in [4.78, 5) is 11.1. The van der Waals surface area contributed by atoms with Crippen molar-refractivity contribution in [1.82, 2.24) is 0 Å². The van der Waals surface area contributed by atoms with Crippen molar-refractivity contribution in [1.29, 1.82) is 0 Å². The van der Waals surface area contributed by atoms with Crippen LogP contribution in [0.25, 0.3) is 0 Å². The highest BCUT2D eigenvalue weighted by molar-refractivity contribution is 5.70. The molecule has 0 aliphatic carbocycles. The molecular formula is C12H13F3O3. The number of hydrogen-bond donors (Lipinski definition) is 1. The molecule has 0 aliphatic heterocycles. The maximum Gasteiger partial charge on any atom is 0.416 e. The number of aliphatic hydroxyl groups is 1. The van der Waals surface area contributed by atoms with Gasteiger partial charge in [-0.3, -0.25) is 4.79 Å². The number of carbonyl (C=O) groups excluding carboxylic acids is 1. The van der Waals surface area contributed by atoms with Gasteiger partial charge in [0.2, 0.25) is 0 Å².